The number of likely N-dealkylation sites (tertiary alicyclic amines) is 1. The molecule has 116 valence electrons. The summed E-state index contributed by atoms with van der Waals surface area (Å²) >= 11 is 1.47. The number of aromatic nitrogens is 2. The van der Waals surface area contributed by atoms with E-state index in [0.29, 0.717) is 24.1 Å². The van der Waals surface area contributed by atoms with E-state index in [9.17, 15) is 4.79 Å². The van der Waals surface area contributed by atoms with Gasteiger partial charge in [-0.25, -0.2) is 9.78 Å². The average Bonchev–Trinajstić information content (AvgIpc) is 2.85. The molecule has 2 heterocycles. The van der Waals surface area contributed by atoms with E-state index < -0.39 is 5.60 Å². The lowest BCUT2D eigenvalue weighted by Gasteiger charge is -2.24. The Morgan fingerprint density at radius 2 is 2.24 bits per heavy atom. The molecule has 0 radical (unpaired) electrons. The third-order valence-corrected chi connectivity index (χ3v) is 3.44. The fourth-order valence-corrected chi connectivity index (χ4v) is 2.32. The zero-order valence-electron chi connectivity index (χ0n) is 12.8. The predicted molar refractivity (Wildman–Crippen MR) is 80.7 cm³/mol. The molecule has 1 aromatic heterocycles. The Labute approximate surface area is 129 Å². The highest BCUT2D eigenvalue weighted by atomic mass is 32.2. The third-order valence-electron chi connectivity index (χ3n) is 2.87. The second kappa shape index (κ2) is 6.51. The van der Waals surface area contributed by atoms with Gasteiger partial charge < -0.3 is 14.4 Å². The lowest BCUT2D eigenvalue weighted by atomic mass is 10.2. The van der Waals surface area contributed by atoms with Gasteiger partial charge in [0, 0.05) is 25.2 Å². The lowest BCUT2D eigenvalue weighted by molar-refractivity contribution is 0.0274. The summed E-state index contributed by atoms with van der Waals surface area (Å²) in [6.07, 6.45) is 4.02. The van der Waals surface area contributed by atoms with Crippen LogP contribution in [0.25, 0.3) is 0 Å². The van der Waals surface area contributed by atoms with Crippen LogP contribution in [0.15, 0.2) is 17.4 Å². The van der Waals surface area contributed by atoms with Crippen LogP contribution in [-0.4, -0.2) is 52.0 Å². The molecule has 1 fully saturated rings. The highest BCUT2D eigenvalue weighted by Gasteiger charge is 2.31. The largest absolute Gasteiger partial charge is 0.472 e. The quantitative estimate of drug-likeness (QED) is 0.631. The number of amides is 1. The number of carbonyl (C=O) groups is 1. The van der Waals surface area contributed by atoms with Crippen molar-refractivity contribution < 1.29 is 14.3 Å². The predicted octanol–water partition coefficient (Wildman–Crippen LogP) is 2.59. The fourth-order valence-electron chi connectivity index (χ4n) is 1.98. The third kappa shape index (κ3) is 4.77. The SMILES string of the molecule is CSc1nccc(O[C@@H]2CCN(C(=O)OC(C)(C)C)C2)n1. The monoisotopic (exact) mass is 311 g/mol. The van der Waals surface area contributed by atoms with E-state index >= 15 is 0 Å². The normalized spacial score (nSPS) is 18.7. The van der Waals surface area contributed by atoms with E-state index in [2.05, 4.69) is 9.97 Å². The standard InChI is InChI=1S/C14H21N3O3S/c1-14(2,3)20-13(18)17-8-6-10(9-17)19-11-5-7-15-12(16-11)21-4/h5,7,10H,6,8-9H2,1-4H3/t10-/m1/s1. The molecule has 1 saturated heterocycles. The molecule has 7 heteroatoms. The summed E-state index contributed by atoms with van der Waals surface area (Å²) in [5, 5.41) is 0.675. The number of nitrogens with zero attached hydrogens (tertiary/aromatic N) is 3. The first kappa shape index (κ1) is 15.9. The molecule has 0 unspecified atom stereocenters. The van der Waals surface area contributed by atoms with Crippen LogP contribution in [0.3, 0.4) is 0 Å². The van der Waals surface area contributed by atoms with Crippen molar-refractivity contribution in [2.75, 3.05) is 19.3 Å². The van der Waals surface area contributed by atoms with Gasteiger partial charge in [-0.2, -0.15) is 4.98 Å². The minimum Gasteiger partial charge on any atom is -0.472 e. The van der Waals surface area contributed by atoms with Gasteiger partial charge in [-0.3, -0.25) is 0 Å². The topological polar surface area (TPSA) is 64.5 Å². The maximum absolute atomic E-state index is 12.0. The van der Waals surface area contributed by atoms with Crippen molar-refractivity contribution in [3.63, 3.8) is 0 Å². The zero-order valence-corrected chi connectivity index (χ0v) is 13.6. The molecule has 0 saturated carbocycles. The highest BCUT2D eigenvalue weighted by molar-refractivity contribution is 7.98. The van der Waals surface area contributed by atoms with Crippen LogP contribution < -0.4 is 4.74 Å². The van der Waals surface area contributed by atoms with Crippen LogP contribution in [0.2, 0.25) is 0 Å². The summed E-state index contributed by atoms with van der Waals surface area (Å²) in [7, 11) is 0. The molecule has 1 aliphatic rings. The molecule has 1 aromatic rings. The molecular weight excluding hydrogens is 290 g/mol. The van der Waals surface area contributed by atoms with Crippen molar-refractivity contribution in [3.05, 3.63) is 12.3 Å². The van der Waals surface area contributed by atoms with Crippen LogP contribution >= 0.6 is 11.8 Å². The Hall–Kier alpha value is -1.50. The average molecular weight is 311 g/mol. The molecule has 0 spiro atoms. The van der Waals surface area contributed by atoms with Crippen LogP contribution in [-0.2, 0) is 4.74 Å². The second-order valence-electron chi connectivity index (χ2n) is 5.84. The van der Waals surface area contributed by atoms with Crippen LogP contribution in [0, 0.1) is 0 Å². The number of thioether (sulfide) groups is 1. The zero-order chi connectivity index (χ0) is 15.5. The van der Waals surface area contributed by atoms with Gasteiger partial charge in [0.2, 0.25) is 5.88 Å². The van der Waals surface area contributed by atoms with Crippen molar-refractivity contribution in [2.24, 2.45) is 0 Å². The van der Waals surface area contributed by atoms with Gasteiger partial charge in [0.05, 0.1) is 6.54 Å². The van der Waals surface area contributed by atoms with E-state index in [1.807, 2.05) is 27.0 Å². The smallest absolute Gasteiger partial charge is 0.410 e. The van der Waals surface area contributed by atoms with E-state index in [1.54, 1.807) is 17.2 Å². The lowest BCUT2D eigenvalue weighted by Crippen LogP contribution is -2.36. The summed E-state index contributed by atoms with van der Waals surface area (Å²) in [5.74, 6) is 0.547. The molecule has 0 N–H and O–H groups in total. The Bertz CT molecular complexity index is 504. The van der Waals surface area contributed by atoms with Crippen LogP contribution in [0.4, 0.5) is 4.79 Å². The summed E-state index contributed by atoms with van der Waals surface area (Å²) in [6.45, 7) is 6.74. The van der Waals surface area contributed by atoms with Gasteiger partial charge in [-0.1, -0.05) is 11.8 Å². The molecule has 1 amide bonds. The van der Waals surface area contributed by atoms with Crippen LogP contribution in [0.5, 0.6) is 5.88 Å². The molecular formula is C14H21N3O3S. The Balaban J connectivity index is 1.89. The Morgan fingerprint density at radius 1 is 1.48 bits per heavy atom. The summed E-state index contributed by atoms with van der Waals surface area (Å²) in [5.41, 5.74) is -0.476. The Morgan fingerprint density at radius 3 is 2.90 bits per heavy atom. The minimum absolute atomic E-state index is 0.0536. The molecule has 0 aliphatic carbocycles. The molecule has 1 aliphatic heterocycles. The van der Waals surface area contributed by atoms with Crippen LogP contribution in [0.1, 0.15) is 27.2 Å². The minimum atomic E-state index is -0.476. The maximum Gasteiger partial charge on any atom is 0.410 e. The summed E-state index contributed by atoms with van der Waals surface area (Å²) in [4.78, 5) is 22.0. The van der Waals surface area contributed by atoms with Gasteiger partial charge in [-0.15, -0.1) is 0 Å². The fraction of sp³-hybridized carbons (Fsp3) is 0.643. The number of carbonyl (C=O) groups excluding carboxylic acids is 1. The highest BCUT2D eigenvalue weighted by Crippen LogP contribution is 2.20. The van der Waals surface area contributed by atoms with E-state index in [1.165, 1.54) is 11.8 Å². The summed E-state index contributed by atoms with van der Waals surface area (Å²) in [6, 6.07) is 1.73. The van der Waals surface area contributed by atoms with E-state index in [-0.39, 0.29) is 12.2 Å². The van der Waals surface area contributed by atoms with Crippen molar-refractivity contribution in [1.29, 1.82) is 0 Å². The molecule has 1 atom stereocenters. The Kier molecular flexibility index (Phi) is 4.92. The van der Waals surface area contributed by atoms with Gasteiger partial charge >= 0.3 is 6.09 Å². The first-order chi connectivity index (χ1) is 9.87. The van der Waals surface area contributed by atoms with E-state index in [4.69, 9.17) is 9.47 Å². The van der Waals surface area contributed by atoms with Gasteiger partial charge in [0.25, 0.3) is 0 Å². The first-order valence-electron chi connectivity index (χ1n) is 6.89. The first-order valence-corrected chi connectivity index (χ1v) is 8.11. The van der Waals surface area contributed by atoms with Crippen molar-refractivity contribution >= 4 is 17.9 Å². The van der Waals surface area contributed by atoms with E-state index in [0.717, 1.165) is 6.42 Å². The molecule has 6 nitrogen and oxygen atoms in total. The van der Waals surface area contributed by atoms with Crippen molar-refractivity contribution in [1.82, 2.24) is 14.9 Å². The van der Waals surface area contributed by atoms with Gasteiger partial charge in [0.1, 0.15) is 11.7 Å². The number of rotatable bonds is 3. The number of hydrogen-bond acceptors (Lipinski definition) is 6. The number of ether oxygens (including phenoxy) is 2. The molecule has 0 aromatic carbocycles. The van der Waals surface area contributed by atoms with Crippen molar-refractivity contribution in [3.8, 4) is 5.88 Å². The molecule has 2 rings (SSSR count). The maximum atomic E-state index is 12.0. The van der Waals surface area contributed by atoms with Crippen molar-refractivity contribution in [2.45, 2.75) is 44.1 Å². The second-order valence-corrected chi connectivity index (χ2v) is 6.61. The molecule has 0 bridgehead atoms. The summed E-state index contributed by atoms with van der Waals surface area (Å²) < 4.78 is 11.2. The van der Waals surface area contributed by atoms with Gasteiger partial charge in [0.15, 0.2) is 5.16 Å². The molecule has 21 heavy (non-hydrogen) atoms. The number of hydrogen-bond donors (Lipinski definition) is 0. The van der Waals surface area contributed by atoms with Gasteiger partial charge in [-0.05, 0) is 27.0 Å².